The minimum atomic E-state index is -0.644. The molecule has 1 saturated carbocycles. The Morgan fingerprint density at radius 3 is 2.59 bits per heavy atom. The van der Waals surface area contributed by atoms with Gasteiger partial charge >= 0.3 is 0 Å². The quantitative estimate of drug-likeness (QED) is 0.778. The van der Waals surface area contributed by atoms with Crippen LogP contribution in [0.5, 0.6) is 0 Å². The van der Waals surface area contributed by atoms with E-state index >= 15 is 0 Å². The van der Waals surface area contributed by atoms with Crippen LogP contribution >= 0.6 is 27.3 Å². The summed E-state index contributed by atoms with van der Waals surface area (Å²) in [5.41, 5.74) is 0.605. The molecule has 1 aliphatic carbocycles. The van der Waals surface area contributed by atoms with Crippen LogP contribution in [0.15, 0.2) is 15.2 Å². The normalized spacial score (nSPS) is 30.5. The fourth-order valence-electron chi connectivity index (χ4n) is 3.22. The van der Waals surface area contributed by atoms with Gasteiger partial charge in [-0.15, -0.1) is 0 Å². The molecule has 3 heteroatoms. The highest BCUT2D eigenvalue weighted by atomic mass is 79.9. The van der Waals surface area contributed by atoms with Crippen molar-refractivity contribution < 1.29 is 5.11 Å². The van der Waals surface area contributed by atoms with E-state index in [4.69, 9.17) is 0 Å². The summed E-state index contributed by atoms with van der Waals surface area (Å²) >= 11 is 5.25. The fourth-order valence-corrected chi connectivity index (χ4v) is 4.93. The summed E-state index contributed by atoms with van der Waals surface area (Å²) in [6.45, 7) is 6.73. The summed E-state index contributed by atoms with van der Waals surface area (Å²) in [5.74, 6) is 0.342. The zero-order valence-electron chi connectivity index (χ0n) is 10.8. The van der Waals surface area contributed by atoms with Crippen LogP contribution < -0.4 is 0 Å². The van der Waals surface area contributed by atoms with E-state index in [9.17, 15) is 5.11 Å². The first kappa shape index (κ1) is 13.6. The predicted octanol–water partition coefficient (Wildman–Crippen LogP) is 4.93. The van der Waals surface area contributed by atoms with Crippen molar-refractivity contribution in [2.24, 2.45) is 11.3 Å². The van der Waals surface area contributed by atoms with Gasteiger partial charge < -0.3 is 5.11 Å². The van der Waals surface area contributed by atoms with E-state index in [0.29, 0.717) is 5.92 Å². The third-order valence-corrected chi connectivity index (χ3v) is 5.71. The Morgan fingerprint density at radius 2 is 2.06 bits per heavy atom. The molecule has 0 aliphatic heterocycles. The number of aliphatic hydroxyl groups is 1. The van der Waals surface area contributed by atoms with Crippen molar-refractivity contribution in [3.05, 3.63) is 20.8 Å². The predicted molar refractivity (Wildman–Crippen MR) is 77.3 cm³/mol. The maximum atomic E-state index is 11.2. The SMILES string of the molecule is CC(C)(C)C1CCCCC1(O)c1cscc1Br. The Kier molecular flexibility index (Phi) is 3.73. The van der Waals surface area contributed by atoms with Crippen LogP contribution in [0.2, 0.25) is 0 Å². The lowest BCUT2D eigenvalue weighted by Gasteiger charge is -2.47. The minimum absolute atomic E-state index is 0.149. The Labute approximate surface area is 116 Å². The number of rotatable bonds is 1. The van der Waals surface area contributed by atoms with Crippen molar-refractivity contribution >= 4 is 27.3 Å². The molecule has 96 valence electrons. The van der Waals surface area contributed by atoms with Gasteiger partial charge in [0, 0.05) is 15.4 Å². The van der Waals surface area contributed by atoms with Crippen LogP contribution in [-0.2, 0) is 5.60 Å². The molecule has 1 aromatic rings. The van der Waals surface area contributed by atoms with E-state index < -0.39 is 5.60 Å². The van der Waals surface area contributed by atoms with Gasteiger partial charge in [0.05, 0.1) is 5.60 Å². The minimum Gasteiger partial charge on any atom is -0.385 e. The largest absolute Gasteiger partial charge is 0.385 e. The van der Waals surface area contributed by atoms with Crippen LogP contribution in [0.3, 0.4) is 0 Å². The molecule has 17 heavy (non-hydrogen) atoms. The van der Waals surface area contributed by atoms with Crippen LogP contribution in [0, 0.1) is 11.3 Å². The first-order valence-corrected chi connectivity index (χ1v) is 8.04. The van der Waals surface area contributed by atoms with Gasteiger partial charge in [-0.3, -0.25) is 0 Å². The first-order chi connectivity index (χ1) is 7.86. The van der Waals surface area contributed by atoms with Crippen molar-refractivity contribution in [3.63, 3.8) is 0 Å². The molecule has 0 amide bonds. The lowest BCUT2D eigenvalue weighted by atomic mass is 9.62. The number of hydrogen-bond acceptors (Lipinski definition) is 2. The number of halogens is 1. The van der Waals surface area contributed by atoms with Crippen LogP contribution in [-0.4, -0.2) is 5.11 Å². The average Bonchev–Trinajstić information content (AvgIpc) is 2.64. The summed E-state index contributed by atoms with van der Waals surface area (Å²) < 4.78 is 1.07. The summed E-state index contributed by atoms with van der Waals surface area (Å²) in [7, 11) is 0. The zero-order chi connectivity index (χ0) is 12.7. The standard InChI is InChI=1S/C14H21BrOS/c1-13(2,3)12-6-4-5-7-14(12,16)10-8-17-9-11(10)15/h8-9,12,16H,4-7H2,1-3H3. The highest BCUT2D eigenvalue weighted by molar-refractivity contribution is 9.10. The molecule has 1 fully saturated rings. The van der Waals surface area contributed by atoms with E-state index in [1.807, 2.05) is 0 Å². The molecule has 1 nitrogen and oxygen atoms in total. The molecular formula is C14H21BrOS. The second kappa shape index (κ2) is 4.67. The molecule has 2 rings (SSSR count). The van der Waals surface area contributed by atoms with Gasteiger partial charge in [-0.2, -0.15) is 11.3 Å². The van der Waals surface area contributed by atoms with Gasteiger partial charge in [0.15, 0.2) is 0 Å². The molecule has 1 heterocycles. The summed E-state index contributed by atoms with van der Waals surface area (Å²) in [6, 6.07) is 0. The van der Waals surface area contributed by atoms with E-state index in [1.54, 1.807) is 11.3 Å². The van der Waals surface area contributed by atoms with Gasteiger partial charge in [0.1, 0.15) is 0 Å². The maximum absolute atomic E-state index is 11.2. The Balaban J connectivity index is 2.42. The molecule has 1 N–H and O–H groups in total. The second-order valence-electron chi connectivity index (χ2n) is 6.22. The Hall–Kier alpha value is 0.140. The summed E-state index contributed by atoms with van der Waals surface area (Å²) in [6.07, 6.45) is 4.39. The maximum Gasteiger partial charge on any atom is 0.0948 e. The highest BCUT2D eigenvalue weighted by Gasteiger charge is 2.46. The summed E-state index contributed by atoms with van der Waals surface area (Å²) in [4.78, 5) is 0. The highest BCUT2D eigenvalue weighted by Crippen LogP contribution is 2.51. The third-order valence-electron chi connectivity index (χ3n) is 4.00. The third kappa shape index (κ3) is 2.47. The smallest absolute Gasteiger partial charge is 0.0948 e. The topological polar surface area (TPSA) is 20.2 Å². The molecule has 2 unspecified atom stereocenters. The van der Waals surface area contributed by atoms with Crippen molar-refractivity contribution in [2.75, 3.05) is 0 Å². The summed E-state index contributed by atoms with van der Waals surface area (Å²) in [5, 5.41) is 15.4. The van der Waals surface area contributed by atoms with Crippen molar-refractivity contribution in [1.29, 1.82) is 0 Å². The van der Waals surface area contributed by atoms with Crippen LogP contribution in [0.4, 0.5) is 0 Å². The van der Waals surface area contributed by atoms with Crippen molar-refractivity contribution in [1.82, 2.24) is 0 Å². The lowest BCUT2D eigenvalue weighted by Crippen LogP contribution is -2.44. The first-order valence-electron chi connectivity index (χ1n) is 6.30. The van der Waals surface area contributed by atoms with Gasteiger partial charge in [-0.25, -0.2) is 0 Å². The van der Waals surface area contributed by atoms with E-state index in [1.165, 1.54) is 6.42 Å². The van der Waals surface area contributed by atoms with Crippen LogP contribution in [0.1, 0.15) is 52.0 Å². The average molecular weight is 317 g/mol. The molecule has 0 spiro atoms. The Bertz CT molecular complexity index is 393. The van der Waals surface area contributed by atoms with E-state index in [2.05, 4.69) is 47.5 Å². The van der Waals surface area contributed by atoms with Gasteiger partial charge in [-0.1, -0.05) is 33.6 Å². The molecule has 0 saturated heterocycles. The number of hydrogen-bond donors (Lipinski definition) is 1. The van der Waals surface area contributed by atoms with E-state index in [0.717, 1.165) is 29.3 Å². The molecule has 2 atom stereocenters. The zero-order valence-corrected chi connectivity index (χ0v) is 13.2. The monoisotopic (exact) mass is 316 g/mol. The number of thiophene rings is 1. The van der Waals surface area contributed by atoms with Crippen LogP contribution in [0.25, 0.3) is 0 Å². The fraction of sp³-hybridized carbons (Fsp3) is 0.714. The molecule has 0 radical (unpaired) electrons. The molecule has 0 aromatic carbocycles. The molecule has 1 aliphatic rings. The van der Waals surface area contributed by atoms with Gasteiger partial charge in [0.2, 0.25) is 0 Å². The molecule has 1 aromatic heterocycles. The van der Waals surface area contributed by atoms with Gasteiger partial charge in [0.25, 0.3) is 0 Å². The van der Waals surface area contributed by atoms with E-state index in [-0.39, 0.29) is 5.41 Å². The molecular weight excluding hydrogens is 296 g/mol. The Morgan fingerprint density at radius 1 is 1.35 bits per heavy atom. The van der Waals surface area contributed by atoms with Gasteiger partial charge in [-0.05, 0) is 45.5 Å². The molecule has 0 bridgehead atoms. The second-order valence-corrected chi connectivity index (χ2v) is 7.82. The lowest BCUT2D eigenvalue weighted by molar-refractivity contribution is -0.0961. The van der Waals surface area contributed by atoms with Crippen molar-refractivity contribution in [2.45, 2.75) is 52.1 Å². The van der Waals surface area contributed by atoms with Crippen molar-refractivity contribution in [3.8, 4) is 0 Å².